The number of hydrogen-bond donors (Lipinski definition) is 0. The maximum absolute atomic E-state index is 7.42. The molecule has 10 aromatic rings. The van der Waals surface area contributed by atoms with Gasteiger partial charge in [-0.25, -0.2) is 0 Å². The Kier molecular flexibility index (Phi) is 24.9. The fourth-order valence-electron chi connectivity index (χ4n) is 17.7. The highest BCUT2D eigenvalue weighted by Crippen LogP contribution is 2.57. The Hall–Kier alpha value is -14.9. The summed E-state index contributed by atoms with van der Waals surface area (Å²) in [6, 6.07) is 36.0. The smallest absolute Gasteiger partial charge is 0.196 e. The summed E-state index contributed by atoms with van der Waals surface area (Å²) in [5, 5.41) is 0. The van der Waals surface area contributed by atoms with Crippen LogP contribution in [-0.2, 0) is 0 Å². The zero-order chi connectivity index (χ0) is 89.7. The average Bonchev–Trinajstić information content (AvgIpc) is 1.63. The number of fused-ring (bicyclic) bond motifs is 5. The van der Waals surface area contributed by atoms with E-state index in [1.54, 1.807) is 0 Å². The lowest BCUT2D eigenvalue weighted by Crippen LogP contribution is -2.36. The summed E-state index contributed by atoms with van der Waals surface area (Å²) in [5.41, 5.74) is 41.5. The SMILES string of the molecule is [C-]#[N+]c1cc2c(cc1[N+]#[C-])N(c1c(C)cc(C)c(C)c1C)[C@@H](C)N2C.[C-]#[N+]c1cc2c(cc1[N+]#[C-])N(c1c(C)cc(C)cc1C)[C@@H](C)N2C.[C-]#[N+]c1cc2c(cc1[N+]#[C-])N(c1c(C)ccc(C)c1C)[C@@H](C)N2C.[C-]#[N+]c1cc2c(cc1[N+]#[C-])N(c1cc(C)c(C)c(C)c1C)[C@@H](C)N2C.[C-]#[N+]c1cc2c(cc1[N+]#[C-])N(c1cc(C)cc(C)c1C)[C@@H](C)N2C. The van der Waals surface area contributed by atoms with Crippen LogP contribution in [-0.4, -0.2) is 66.1 Å². The second kappa shape index (κ2) is 34.6. The van der Waals surface area contributed by atoms with Crippen LogP contribution in [0.2, 0.25) is 0 Å². The summed E-state index contributed by atoms with van der Waals surface area (Å²) in [7, 11) is 10.2. The lowest BCUT2D eigenvalue weighted by molar-refractivity contribution is 0.730. The standard InChI is InChI=1S/2C21H22N4.3C20H20N4/c1-12-9-19(15(4)14(3)13(12)2)25-16(5)24(8)20-10-17(22-6)18(23-7)11-21(20)25;1-12-9-13(2)21(15(4)14(12)3)25-16(5)24(8)19-10-17(22-6)18(23-7)11-20(19)25;1-12-8-13(2)14(3)18(9-12)24-15(4)23(7)19-10-16(21-5)17(22-6)11-20(19)24;1-12-8-13(2)20(14(3)9-12)24-15(4)23(7)18-10-16(21-5)17(22-6)11-19(18)24;1-12-8-9-13(2)20(14(12)3)24-15(4)23(7)18-10-16(21-5)17(22-6)11-19(18)24/h2*9-11,16H,1-5,8H3;3*8-11,15H,1-4,7H3/t2*16-;3*15-/m00000/s1. The first-order valence-electron chi connectivity index (χ1n) is 40.4. The van der Waals surface area contributed by atoms with Crippen molar-refractivity contribution in [3.63, 3.8) is 0 Å². The third-order valence-corrected chi connectivity index (χ3v) is 25.8. The predicted molar refractivity (Wildman–Crippen MR) is 508 cm³/mol. The van der Waals surface area contributed by atoms with Crippen LogP contribution in [0.25, 0.3) is 48.5 Å². The molecule has 0 aromatic heterocycles. The van der Waals surface area contributed by atoms with E-state index >= 15 is 0 Å². The molecule has 0 fully saturated rings. The van der Waals surface area contributed by atoms with Crippen molar-refractivity contribution < 1.29 is 0 Å². The summed E-state index contributed by atoms with van der Waals surface area (Å²) >= 11 is 0. The molecule has 0 amide bonds. The Morgan fingerprint density at radius 3 is 0.746 bits per heavy atom. The lowest BCUT2D eigenvalue weighted by atomic mass is 9.97. The van der Waals surface area contributed by atoms with E-state index in [-0.39, 0.29) is 30.8 Å². The van der Waals surface area contributed by atoms with Crippen LogP contribution in [0.3, 0.4) is 0 Å². The minimum absolute atomic E-state index is 0.120. The molecule has 20 nitrogen and oxygen atoms in total. The summed E-state index contributed by atoms with van der Waals surface area (Å²) in [6.07, 6.45) is 0.613. The van der Waals surface area contributed by atoms with Crippen LogP contribution in [0.1, 0.15) is 129 Å². The van der Waals surface area contributed by atoms with Gasteiger partial charge in [-0.2, -0.15) is 0 Å². The maximum atomic E-state index is 7.42. The molecule has 0 aliphatic carbocycles. The van der Waals surface area contributed by atoms with Crippen molar-refractivity contribution >= 4 is 142 Å². The Morgan fingerprint density at radius 2 is 0.418 bits per heavy atom. The van der Waals surface area contributed by atoms with E-state index in [9.17, 15) is 0 Å². The van der Waals surface area contributed by atoms with Crippen molar-refractivity contribution in [3.8, 4) is 0 Å². The second-order valence-electron chi connectivity index (χ2n) is 32.7. The van der Waals surface area contributed by atoms with Crippen LogP contribution >= 0.6 is 0 Å². The molecule has 10 aromatic carbocycles. The molecule has 0 N–H and O–H groups in total. The van der Waals surface area contributed by atoms with Gasteiger partial charge in [0.25, 0.3) is 0 Å². The van der Waals surface area contributed by atoms with Crippen LogP contribution in [0, 0.1) is 183 Å². The molecule has 0 radical (unpaired) electrons. The van der Waals surface area contributed by atoms with E-state index < -0.39 is 0 Å². The molecular formula is C102H104N20. The third-order valence-electron chi connectivity index (χ3n) is 25.8. The molecule has 0 unspecified atom stereocenters. The Morgan fingerprint density at radius 1 is 0.189 bits per heavy atom. The van der Waals surface area contributed by atoms with Gasteiger partial charge in [-0.1, -0.05) is 42.0 Å². The fourth-order valence-corrected chi connectivity index (χ4v) is 17.7. The molecule has 612 valence electrons. The molecule has 0 spiro atoms. The van der Waals surface area contributed by atoms with Gasteiger partial charge >= 0.3 is 0 Å². The zero-order valence-corrected chi connectivity index (χ0v) is 75.2. The number of rotatable bonds is 5. The van der Waals surface area contributed by atoms with Crippen molar-refractivity contribution in [2.75, 3.05) is 84.2 Å². The zero-order valence-electron chi connectivity index (χ0n) is 75.2. The predicted octanol–water partition coefficient (Wildman–Crippen LogP) is 28.9. The van der Waals surface area contributed by atoms with Gasteiger partial charge < -0.3 is 49.0 Å². The summed E-state index contributed by atoms with van der Waals surface area (Å²) in [4.78, 5) is 57.6. The molecule has 0 bridgehead atoms. The highest BCUT2D eigenvalue weighted by molar-refractivity contribution is 5.98. The van der Waals surface area contributed by atoms with Crippen molar-refractivity contribution in [1.82, 2.24) is 0 Å². The van der Waals surface area contributed by atoms with Gasteiger partial charge in [-0.15, -0.1) is 0 Å². The lowest BCUT2D eigenvalue weighted by Gasteiger charge is -2.31. The van der Waals surface area contributed by atoms with Gasteiger partial charge in [0.15, 0.2) is 56.9 Å². The molecule has 0 saturated heterocycles. The fraction of sp³-hybridized carbons (Fsp3) is 0.314. The minimum Gasteiger partial charge on any atom is -0.354 e. The number of hydrogen-bond acceptors (Lipinski definition) is 10. The Labute approximate surface area is 723 Å². The number of aryl methyl sites for hydroxylation is 10. The molecule has 15 rings (SSSR count). The number of benzene rings is 10. The van der Waals surface area contributed by atoms with E-state index in [2.05, 4.69) is 298 Å². The van der Waals surface area contributed by atoms with E-state index in [1.807, 2.05) is 95.9 Å². The minimum atomic E-state index is 0.120. The van der Waals surface area contributed by atoms with Gasteiger partial charge in [-0.3, -0.25) is 48.5 Å². The van der Waals surface area contributed by atoms with Crippen molar-refractivity contribution in [2.45, 2.75) is 183 Å². The van der Waals surface area contributed by atoms with Crippen LogP contribution in [0.5, 0.6) is 0 Å². The Balaban J connectivity index is 0.000000149. The van der Waals surface area contributed by atoms with Crippen LogP contribution in [0.15, 0.2) is 109 Å². The topological polar surface area (TPSA) is 76.0 Å². The highest BCUT2D eigenvalue weighted by atomic mass is 15.4. The summed E-state index contributed by atoms with van der Waals surface area (Å²) in [6.45, 7) is 121. The van der Waals surface area contributed by atoms with E-state index in [0.29, 0.717) is 56.9 Å². The monoisotopic (exact) mass is 1610 g/mol. The van der Waals surface area contributed by atoms with Crippen LogP contribution in [0.4, 0.5) is 142 Å². The van der Waals surface area contributed by atoms with Gasteiger partial charge in [0.2, 0.25) is 0 Å². The first-order valence-corrected chi connectivity index (χ1v) is 40.4. The van der Waals surface area contributed by atoms with E-state index in [4.69, 9.17) is 65.7 Å². The molecule has 20 heteroatoms. The van der Waals surface area contributed by atoms with Crippen molar-refractivity contribution in [3.05, 3.63) is 318 Å². The van der Waals surface area contributed by atoms with Gasteiger partial charge in [-0.05, 0) is 314 Å². The molecule has 5 atom stereocenters. The molecule has 5 aliphatic heterocycles. The van der Waals surface area contributed by atoms with Gasteiger partial charge in [0.05, 0.1) is 94.2 Å². The first-order chi connectivity index (χ1) is 57.8. The average molecular weight is 1610 g/mol. The highest BCUT2D eigenvalue weighted by Gasteiger charge is 2.40. The summed E-state index contributed by atoms with van der Waals surface area (Å²) < 4.78 is 0. The Bertz CT molecular complexity index is 6440. The maximum Gasteiger partial charge on any atom is 0.196 e. The van der Waals surface area contributed by atoms with E-state index in [1.165, 1.54) is 117 Å². The largest absolute Gasteiger partial charge is 0.354 e. The third kappa shape index (κ3) is 15.2. The molecular weight excluding hydrogens is 1510 g/mol. The number of anilines is 15. The van der Waals surface area contributed by atoms with Crippen LogP contribution < -0.4 is 49.0 Å². The van der Waals surface area contributed by atoms with E-state index in [0.717, 1.165) is 62.6 Å². The second-order valence-corrected chi connectivity index (χ2v) is 32.7. The van der Waals surface area contributed by atoms with Crippen molar-refractivity contribution in [2.24, 2.45) is 0 Å². The molecule has 5 aliphatic rings. The normalized spacial score (nSPS) is 15.8. The molecule has 122 heavy (non-hydrogen) atoms. The first kappa shape index (κ1) is 87.9. The van der Waals surface area contributed by atoms with Gasteiger partial charge in [0.1, 0.15) is 30.8 Å². The van der Waals surface area contributed by atoms with Gasteiger partial charge in [0, 0.05) is 92.1 Å². The summed E-state index contributed by atoms with van der Waals surface area (Å²) in [5.74, 6) is 0. The quantitative estimate of drug-likeness (QED) is 0.156. The molecule has 5 heterocycles. The number of nitrogens with zero attached hydrogens (tertiary/aromatic N) is 20. The van der Waals surface area contributed by atoms with Crippen molar-refractivity contribution in [1.29, 1.82) is 0 Å². The molecule has 0 saturated carbocycles.